The molecule has 0 aliphatic heterocycles. The van der Waals surface area contributed by atoms with Gasteiger partial charge in [-0.15, -0.1) is 0 Å². The van der Waals surface area contributed by atoms with Gasteiger partial charge in [-0.05, 0) is 30.0 Å². The molecule has 0 fully saturated rings. The zero-order valence-electron chi connectivity index (χ0n) is 10.1. The van der Waals surface area contributed by atoms with Gasteiger partial charge in [-0.1, -0.05) is 56.5 Å². The highest BCUT2D eigenvalue weighted by Crippen LogP contribution is 2.10. The smallest absolute Gasteiger partial charge is 0.0177 e. The predicted octanol–water partition coefficient (Wildman–Crippen LogP) is 4.47. The third-order valence-corrected chi connectivity index (χ3v) is 2.68. The number of hydrogen-bond donors (Lipinski definition) is 1. The summed E-state index contributed by atoms with van der Waals surface area (Å²) in [6.45, 7) is 2.24. The summed E-state index contributed by atoms with van der Waals surface area (Å²) in [5, 5.41) is 6.91. The number of rotatable bonds is 7. The molecule has 1 aromatic carbocycles. The highest BCUT2D eigenvalue weighted by Gasteiger charge is 1.93. The lowest BCUT2D eigenvalue weighted by atomic mass is 10.0. The molecule has 1 N–H and O–H groups in total. The van der Waals surface area contributed by atoms with Crippen LogP contribution in [0.1, 0.15) is 43.7 Å². The maximum atomic E-state index is 6.91. The number of nitrogens with one attached hydrogen (secondary N) is 1. The number of unbranched alkanes of at least 4 members (excludes halogenated alkanes) is 3. The zero-order chi connectivity index (χ0) is 11.6. The minimum Gasteiger partial charge on any atom is -0.309 e. The molecule has 0 saturated heterocycles. The van der Waals surface area contributed by atoms with E-state index in [0.29, 0.717) is 0 Å². The second-order valence-electron chi connectivity index (χ2n) is 4.08. The number of allylic oxidation sites excluding steroid dienone is 1. The summed E-state index contributed by atoms with van der Waals surface area (Å²) in [5.41, 5.74) is 2.59. The quantitative estimate of drug-likeness (QED) is 0.512. The zero-order valence-corrected chi connectivity index (χ0v) is 10.1. The highest BCUT2D eigenvalue weighted by molar-refractivity contribution is 5.75. The van der Waals surface area contributed by atoms with Gasteiger partial charge in [0, 0.05) is 6.21 Å². The molecule has 0 atom stereocenters. The second-order valence-corrected chi connectivity index (χ2v) is 4.08. The van der Waals surface area contributed by atoms with Gasteiger partial charge in [-0.3, -0.25) is 0 Å². The van der Waals surface area contributed by atoms with E-state index < -0.39 is 0 Å². The molecule has 1 rings (SSSR count). The van der Waals surface area contributed by atoms with E-state index in [0.717, 1.165) is 0 Å². The predicted molar refractivity (Wildman–Crippen MR) is 72.1 cm³/mol. The second kappa shape index (κ2) is 7.86. The van der Waals surface area contributed by atoms with E-state index in [-0.39, 0.29) is 0 Å². The number of aryl methyl sites for hydroxylation is 1. The van der Waals surface area contributed by atoms with E-state index in [1.165, 1.54) is 49.4 Å². The van der Waals surface area contributed by atoms with Gasteiger partial charge in [0.25, 0.3) is 0 Å². The molecule has 86 valence electrons. The molecule has 1 aromatic rings. The number of benzene rings is 1. The van der Waals surface area contributed by atoms with Crippen molar-refractivity contribution >= 4 is 12.3 Å². The lowest BCUT2D eigenvalue weighted by Gasteiger charge is -2.01. The Morgan fingerprint density at radius 3 is 2.44 bits per heavy atom. The summed E-state index contributed by atoms with van der Waals surface area (Å²) in [4.78, 5) is 0. The first-order chi connectivity index (χ1) is 7.86. The molecule has 0 saturated carbocycles. The summed E-state index contributed by atoms with van der Waals surface area (Å²) in [5.74, 6) is 0. The molecule has 0 aliphatic rings. The van der Waals surface area contributed by atoms with Gasteiger partial charge in [-0.2, -0.15) is 0 Å². The third kappa shape index (κ3) is 4.92. The highest BCUT2D eigenvalue weighted by atomic mass is 14.3. The standard InChI is InChI=1S/C15H21N/c1-2-3-4-5-7-14-9-11-15(12-10-14)8-6-13-16/h6,8-13,16H,2-5,7H2,1H3/b8-6+,16-13?. The first-order valence-electron chi connectivity index (χ1n) is 6.13. The molecule has 0 bridgehead atoms. The van der Waals surface area contributed by atoms with E-state index in [4.69, 9.17) is 5.41 Å². The fraction of sp³-hybridized carbons (Fsp3) is 0.400. The Kier molecular flexibility index (Phi) is 6.24. The Morgan fingerprint density at radius 1 is 1.06 bits per heavy atom. The van der Waals surface area contributed by atoms with E-state index in [2.05, 4.69) is 31.2 Å². The average molecular weight is 215 g/mol. The fourth-order valence-corrected chi connectivity index (χ4v) is 1.71. The van der Waals surface area contributed by atoms with E-state index >= 15 is 0 Å². The molecule has 1 heteroatoms. The van der Waals surface area contributed by atoms with Crippen LogP contribution in [0, 0.1) is 5.41 Å². The molecule has 0 heterocycles. The van der Waals surface area contributed by atoms with Gasteiger partial charge in [-0.25, -0.2) is 0 Å². The summed E-state index contributed by atoms with van der Waals surface area (Å²) >= 11 is 0. The largest absolute Gasteiger partial charge is 0.309 e. The van der Waals surface area contributed by atoms with Crippen LogP contribution >= 0.6 is 0 Å². The van der Waals surface area contributed by atoms with Crippen molar-refractivity contribution in [3.8, 4) is 0 Å². The monoisotopic (exact) mass is 215 g/mol. The van der Waals surface area contributed by atoms with Gasteiger partial charge >= 0.3 is 0 Å². The van der Waals surface area contributed by atoms with Crippen LogP contribution in [0.3, 0.4) is 0 Å². The van der Waals surface area contributed by atoms with Gasteiger partial charge in [0.05, 0.1) is 0 Å². The topological polar surface area (TPSA) is 23.9 Å². The van der Waals surface area contributed by atoms with Crippen molar-refractivity contribution in [2.45, 2.75) is 39.0 Å². The van der Waals surface area contributed by atoms with Crippen LogP contribution in [0.5, 0.6) is 0 Å². The Hall–Kier alpha value is -1.37. The molecule has 0 aromatic heterocycles. The molecule has 0 spiro atoms. The van der Waals surface area contributed by atoms with Crippen molar-refractivity contribution < 1.29 is 0 Å². The van der Waals surface area contributed by atoms with Crippen molar-refractivity contribution in [3.63, 3.8) is 0 Å². The third-order valence-electron chi connectivity index (χ3n) is 2.68. The SMILES string of the molecule is CCCCCCc1ccc(/C=C/C=N)cc1. The summed E-state index contributed by atoms with van der Waals surface area (Å²) < 4.78 is 0. The molecular formula is C15H21N. The van der Waals surface area contributed by atoms with Crippen molar-refractivity contribution in [1.29, 1.82) is 5.41 Å². The normalized spacial score (nSPS) is 10.8. The Morgan fingerprint density at radius 2 is 1.81 bits per heavy atom. The maximum Gasteiger partial charge on any atom is 0.0177 e. The first kappa shape index (κ1) is 12.7. The molecule has 16 heavy (non-hydrogen) atoms. The van der Waals surface area contributed by atoms with Crippen LogP contribution < -0.4 is 0 Å². The summed E-state index contributed by atoms with van der Waals surface area (Å²) in [7, 11) is 0. The van der Waals surface area contributed by atoms with E-state index in [1.807, 2.05) is 6.08 Å². The molecular weight excluding hydrogens is 194 g/mol. The van der Waals surface area contributed by atoms with Crippen LogP contribution in [-0.2, 0) is 6.42 Å². The Bertz CT molecular complexity index is 322. The average Bonchev–Trinajstić information content (AvgIpc) is 2.33. The van der Waals surface area contributed by atoms with Gasteiger partial charge < -0.3 is 5.41 Å². The minimum atomic E-state index is 1.17. The van der Waals surface area contributed by atoms with Gasteiger partial charge in [0.2, 0.25) is 0 Å². The van der Waals surface area contributed by atoms with Crippen LogP contribution in [0.4, 0.5) is 0 Å². The van der Waals surface area contributed by atoms with Crippen LogP contribution in [0.15, 0.2) is 30.3 Å². The minimum absolute atomic E-state index is 1.17. The van der Waals surface area contributed by atoms with E-state index in [9.17, 15) is 0 Å². The van der Waals surface area contributed by atoms with Crippen molar-refractivity contribution in [1.82, 2.24) is 0 Å². The molecule has 0 amide bonds. The molecule has 1 nitrogen and oxygen atoms in total. The van der Waals surface area contributed by atoms with Gasteiger partial charge in [0.1, 0.15) is 0 Å². The van der Waals surface area contributed by atoms with Gasteiger partial charge in [0.15, 0.2) is 0 Å². The van der Waals surface area contributed by atoms with Crippen molar-refractivity contribution in [2.24, 2.45) is 0 Å². The first-order valence-corrected chi connectivity index (χ1v) is 6.13. The summed E-state index contributed by atoms with van der Waals surface area (Å²) in [6, 6.07) is 8.62. The van der Waals surface area contributed by atoms with E-state index in [1.54, 1.807) is 6.08 Å². The molecule has 0 radical (unpaired) electrons. The van der Waals surface area contributed by atoms with Crippen molar-refractivity contribution in [2.75, 3.05) is 0 Å². The lowest BCUT2D eigenvalue weighted by molar-refractivity contribution is 0.667. The Balaban J connectivity index is 2.39. The maximum absolute atomic E-state index is 6.91. The van der Waals surface area contributed by atoms with Crippen LogP contribution in [-0.4, -0.2) is 6.21 Å². The van der Waals surface area contributed by atoms with Crippen LogP contribution in [0.25, 0.3) is 6.08 Å². The Labute approximate surface area is 98.7 Å². The lowest BCUT2D eigenvalue weighted by Crippen LogP contribution is -1.85. The van der Waals surface area contributed by atoms with Crippen molar-refractivity contribution in [3.05, 3.63) is 41.5 Å². The summed E-state index contributed by atoms with van der Waals surface area (Å²) in [6.07, 6.45) is 11.5. The number of hydrogen-bond acceptors (Lipinski definition) is 1. The van der Waals surface area contributed by atoms with Crippen LogP contribution in [0.2, 0.25) is 0 Å². The molecule has 0 aliphatic carbocycles. The molecule has 0 unspecified atom stereocenters. The fourth-order valence-electron chi connectivity index (χ4n) is 1.71.